The molecule has 0 saturated carbocycles. The molecule has 3 aromatic rings. The van der Waals surface area contributed by atoms with Gasteiger partial charge in [-0.3, -0.25) is 9.59 Å². The molecule has 1 amide bonds. The van der Waals surface area contributed by atoms with Gasteiger partial charge in [0, 0.05) is 11.9 Å². The van der Waals surface area contributed by atoms with Crippen LogP contribution in [0.1, 0.15) is 30.8 Å². The molecule has 1 heterocycles. The second kappa shape index (κ2) is 8.47. The SMILES string of the molecule is CCCNC(=O)[C@@H](C)OC(=O)c1nn(-c2ccccc2)c(=O)c2ccccc12. The summed E-state index contributed by atoms with van der Waals surface area (Å²) in [5.41, 5.74) is 0.169. The fraction of sp³-hybridized carbons (Fsp3) is 0.238. The zero-order valence-electron chi connectivity index (χ0n) is 15.7. The van der Waals surface area contributed by atoms with Crippen molar-refractivity contribution < 1.29 is 14.3 Å². The molecule has 1 N–H and O–H groups in total. The van der Waals surface area contributed by atoms with Crippen LogP contribution < -0.4 is 10.9 Å². The Labute approximate surface area is 161 Å². The zero-order chi connectivity index (χ0) is 20.1. The van der Waals surface area contributed by atoms with Crippen LogP contribution in [0.5, 0.6) is 0 Å². The molecule has 1 aromatic heterocycles. The number of carbonyl (C=O) groups is 2. The van der Waals surface area contributed by atoms with Gasteiger partial charge in [0.1, 0.15) is 0 Å². The highest BCUT2D eigenvalue weighted by molar-refractivity contribution is 6.03. The summed E-state index contributed by atoms with van der Waals surface area (Å²) in [7, 11) is 0. The third-order valence-electron chi connectivity index (χ3n) is 4.20. The summed E-state index contributed by atoms with van der Waals surface area (Å²) in [4.78, 5) is 37.6. The zero-order valence-corrected chi connectivity index (χ0v) is 15.7. The monoisotopic (exact) mass is 379 g/mol. The molecule has 0 spiro atoms. The molecule has 0 saturated heterocycles. The fourth-order valence-electron chi connectivity index (χ4n) is 2.75. The minimum Gasteiger partial charge on any atom is -0.448 e. The second-order valence-corrected chi connectivity index (χ2v) is 6.29. The summed E-state index contributed by atoms with van der Waals surface area (Å²) >= 11 is 0. The van der Waals surface area contributed by atoms with E-state index in [4.69, 9.17) is 4.74 Å². The number of aromatic nitrogens is 2. The third-order valence-corrected chi connectivity index (χ3v) is 4.20. The molecule has 144 valence electrons. The Balaban J connectivity index is 2.03. The average Bonchev–Trinajstić information content (AvgIpc) is 2.73. The largest absolute Gasteiger partial charge is 0.448 e. The number of nitrogens with one attached hydrogen (secondary N) is 1. The molecule has 3 rings (SSSR count). The van der Waals surface area contributed by atoms with E-state index in [1.807, 2.05) is 13.0 Å². The van der Waals surface area contributed by atoms with E-state index in [0.29, 0.717) is 23.0 Å². The Hall–Kier alpha value is -3.48. The molecule has 0 aliphatic heterocycles. The van der Waals surface area contributed by atoms with Gasteiger partial charge in [0.25, 0.3) is 11.5 Å². The number of amides is 1. The maximum atomic E-state index is 12.8. The normalized spacial score (nSPS) is 11.8. The van der Waals surface area contributed by atoms with Crippen molar-refractivity contribution in [3.05, 3.63) is 70.6 Å². The number of fused-ring (bicyclic) bond motifs is 1. The van der Waals surface area contributed by atoms with Gasteiger partial charge in [0.05, 0.1) is 11.1 Å². The molecule has 28 heavy (non-hydrogen) atoms. The molecule has 7 nitrogen and oxygen atoms in total. The molecular weight excluding hydrogens is 358 g/mol. The molecule has 0 fully saturated rings. The van der Waals surface area contributed by atoms with Crippen molar-refractivity contribution in [1.82, 2.24) is 15.1 Å². The highest BCUT2D eigenvalue weighted by Gasteiger charge is 2.23. The van der Waals surface area contributed by atoms with Crippen molar-refractivity contribution in [3.8, 4) is 5.69 Å². The molecular formula is C21H21N3O4. The van der Waals surface area contributed by atoms with Crippen LogP contribution >= 0.6 is 0 Å². The number of rotatable bonds is 6. The molecule has 0 aliphatic carbocycles. The van der Waals surface area contributed by atoms with Gasteiger partial charge in [0.2, 0.25) is 0 Å². The van der Waals surface area contributed by atoms with Gasteiger partial charge < -0.3 is 10.1 Å². The molecule has 2 aromatic carbocycles. The first kappa shape index (κ1) is 19.3. The van der Waals surface area contributed by atoms with Gasteiger partial charge in [0.15, 0.2) is 11.8 Å². The van der Waals surface area contributed by atoms with Gasteiger partial charge in [-0.2, -0.15) is 9.78 Å². The quantitative estimate of drug-likeness (QED) is 0.665. The molecule has 0 unspecified atom stereocenters. The van der Waals surface area contributed by atoms with Crippen molar-refractivity contribution in [2.45, 2.75) is 26.4 Å². The molecule has 0 bridgehead atoms. The van der Waals surface area contributed by atoms with E-state index >= 15 is 0 Å². The minimum absolute atomic E-state index is 0.0193. The summed E-state index contributed by atoms with van der Waals surface area (Å²) in [5.74, 6) is -1.14. The third kappa shape index (κ3) is 3.93. The maximum absolute atomic E-state index is 12.8. The van der Waals surface area contributed by atoms with E-state index in [2.05, 4.69) is 10.4 Å². The van der Waals surface area contributed by atoms with E-state index in [9.17, 15) is 14.4 Å². The van der Waals surface area contributed by atoms with Crippen molar-refractivity contribution in [1.29, 1.82) is 0 Å². The van der Waals surface area contributed by atoms with Crippen LogP contribution in [0.15, 0.2) is 59.4 Å². The molecule has 1 atom stereocenters. The van der Waals surface area contributed by atoms with E-state index in [-0.39, 0.29) is 17.2 Å². The lowest BCUT2D eigenvalue weighted by atomic mass is 10.1. The number of hydrogen-bond donors (Lipinski definition) is 1. The summed E-state index contributed by atoms with van der Waals surface area (Å²) < 4.78 is 6.47. The van der Waals surface area contributed by atoms with Gasteiger partial charge in [-0.25, -0.2) is 4.79 Å². The average molecular weight is 379 g/mol. The standard InChI is InChI=1S/C21H21N3O4/c1-3-13-22-19(25)14(2)28-21(27)18-16-11-7-8-12-17(16)20(26)24(23-18)15-9-5-4-6-10-15/h4-12,14H,3,13H2,1-2H3,(H,22,25)/t14-/m1/s1. The highest BCUT2D eigenvalue weighted by atomic mass is 16.5. The van der Waals surface area contributed by atoms with Crippen molar-refractivity contribution in [2.75, 3.05) is 6.54 Å². The Morgan fingerprint density at radius 2 is 1.71 bits per heavy atom. The number of esters is 1. The van der Waals surface area contributed by atoms with Crippen molar-refractivity contribution in [2.24, 2.45) is 0 Å². The first-order valence-corrected chi connectivity index (χ1v) is 9.09. The summed E-state index contributed by atoms with van der Waals surface area (Å²) in [6.07, 6.45) is -0.197. The first-order chi connectivity index (χ1) is 13.5. The number of ether oxygens (including phenoxy) is 1. The van der Waals surface area contributed by atoms with E-state index in [1.165, 1.54) is 11.6 Å². The Morgan fingerprint density at radius 1 is 1.07 bits per heavy atom. The number of carbonyl (C=O) groups excluding carboxylic acids is 2. The van der Waals surface area contributed by atoms with Gasteiger partial charge >= 0.3 is 5.97 Å². The second-order valence-electron chi connectivity index (χ2n) is 6.29. The predicted molar refractivity (Wildman–Crippen MR) is 106 cm³/mol. The Kier molecular flexibility index (Phi) is 5.84. The number of para-hydroxylation sites is 1. The van der Waals surface area contributed by atoms with Crippen molar-refractivity contribution >= 4 is 22.6 Å². The number of nitrogens with zero attached hydrogens (tertiary/aromatic N) is 2. The highest BCUT2D eigenvalue weighted by Crippen LogP contribution is 2.16. The van der Waals surface area contributed by atoms with Crippen molar-refractivity contribution in [3.63, 3.8) is 0 Å². The molecule has 0 radical (unpaired) electrons. The first-order valence-electron chi connectivity index (χ1n) is 9.09. The minimum atomic E-state index is -0.975. The van der Waals surface area contributed by atoms with Gasteiger partial charge in [-0.1, -0.05) is 43.3 Å². The summed E-state index contributed by atoms with van der Waals surface area (Å²) in [5, 5.41) is 7.65. The lowest BCUT2D eigenvalue weighted by molar-refractivity contribution is -0.129. The van der Waals surface area contributed by atoms with Crippen LogP contribution in [0, 0.1) is 0 Å². The number of hydrogen-bond acceptors (Lipinski definition) is 5. The van der Waals surface area contributed by atoms with Crippen LogP contribution in [-0.2, 0) is 9.53 Å². The van der Waals surface area contributed by atoms with E-state index in [0.717, 1.165) is 6.42 Å². The number of benzene rings is 2. The van der Waals surface area contributed by atoms with Crippen LogP contribution in [0.25, 0.3) is 16.5 Å². The van der Waals surface area contributed by atoms with Crippen LogP contribution in [-0.4, -0.2) is 34.3 Å². The van der Waals surface area contributed by atoms with Gasteiger partial charge in [-0.05, 0) is 31.5 Å². The smallest absolute Gasteiger partial charge is 0.360 e. The van der Waals surface area contributed by atoms with E-state index in [1.54, 1.807) is 48.5 Å². The lowest BCUT2D eigenvalue weighted by Crippen LogP contribution is -2.36. The summed E-state index contributed by atoms with van der Waals surface area (Å²) in [6.45, 7) is 3.93. The Bertz CT molecular complexity index is 1060. The summed E-state index contributed by atoms with van der Waals surface area (Å²) in [6, 6.07) is 15.5. The molecule has 0 aliphatic rings. The van der Waals surface area contributed by atoms with Crippen LogP contribution in [0.4, 0.5) is 0 Å². The van der Waals surface area contributed by atoms with Gasteiger partial charge in [-0.15, -0.1) is 0 Å². The van der Waals surface area contributed by atoms with Crippen LogP contribution in [0.3, 0.4) is 0 Å². The fourth-order valence-corrected chi connectivity index (χ4v) is 2.75. The topological polar surface area (TPSA) is 90.3 Å². The maximum Gasteiger partial charge on any atom is 0.360 e. The van der Waals surface area contributed by atoms with Crippen LogP contribution in [0.2, 0.25) is 0 Å². The molecule has 7 heteroatoms. The lowest BCUT2D eigenvalue weighted by Gasteiger charge is -2.14. The Morgan fingerprint density at radius 3 is 2.39 bits per heavy atom. The predicted octanol–water partition coefficient (Wildman–Crippen LogP) is 2.46. The van der Waals surface area contributed by atoms with E-state index < -0.39 is 12.1 Å².